The van der Waals surface area contributed by atoms with Crippen LogP contribution < -0.4 is 0 Å². The number of fused-ring (bicyclic) bond motifs is 1. The summed E-state index contributed by atoms with van der Waals surface area (Å²) in [5.74, 6) is 1.69. The van der Waals surface area contributed by atoms with Crippen molar-refractivity contribution in [3.8, 4) is 0 Å². The van der Waals surface area contributed by atoms with E-state index in [2.05, 4.69) is 30.6 Å². The summed E-state index contributed by atoms with van der Waals surface area (Å²) >= 11 is 0. The molecule has 1 aliphatic heterocycles. The maximum Gasteiger partial charge on any atom is 0.0787 e. The van der Waals surface area contributed by atoms with Crippen molar-refractivity contribution in [2.24, 2.45) is 17.3 Å². The van der Waals surface area contributed by atoms with Crippen LogP contribution in [-0.2, 0) is 0 Å². The number of aliphatic hydroxyl groups excluding tert-OH is 1. The Labute approximate surface area is 166 Å². The highest BCUT2D eigenvalue weighted by Gasteiger charge is 2.48. The number of nitrogens with zero attached hydrogens (tertiary/aromatic N) is 1. The summed E-state index contributed by atoms with van der Waals surface area (Å²) in [6.45, 7) is 10.7. The van der Waals surface area contributed by atoms with Crippen LogP contribution in [0.1, 0.15) is 77.6 Å². The van der Waals surface area contributed by atoms with Crippen LogP contribution >= 0.6 is 0 Å². The third kappa shape index (κ3) is 3.98. The van der Waals surface area contributed by atoms with Crippen molar-refractivity contribution in [3.05, 3.63) is 35.5 Å². The van der Waals surface area contributed by atoms with Crippen LogP contribution in [-0.4, -0.2) is 35.7 Å². The van der Waals surface area contributed by atoms with Gasteiger partial charge < -0.3 is 10.0 Å². The Morgan fingerprint density at radius 3 is 2.70 bits per heavy atom. The summed E-state index contributed by atoms with van der Waals surface area (Å²) in [6, 6.07) is 0. The molecule has 4 aliphatic rings. The normalized spacial score (nSPS) is 40.8. The van der Waals surface area contributed by atoms with E-state index in [1.165, 1.54) is 76.6 Å². The lowest BCUT2D eigenvalue weighted by atomic mass is 9.63. The van der Waals surface area contributed by atoms with E-state index >= 15 is 0 Å². The molecule has 4 atom stereocenters. The van der Waals surface area contributed by atoms with Crippen LogP contribution in [0.4, 0.5) is 0 Å². The summed E-state index contributed by atoms with van der Waals surface area (Å²) < 4.78 is 0. The molecule has 2 nitrogen and oxygen atoms in total. The molecule has 1 saturated heterocycles. The van der Waals surface area contributed by atoms with Gasteiger partial charge in [-0.2, -0.15) is 0 Å². The van der Waals surface area contributed by atoms with Gasteiger partial charge in [-0.05, 0) is 119 Å². The standard InChI is InChI=1S/C25H39NO/c1-19-20(7-5-9-24(19)27)10-11-21-8-6-15-25(2)22(12-13-23(21)25)14-18-26-16-3-4-17-26/h10-11,22-24,27H,1,3-9,12-18H2,2H3/b20-10-,21-11+/t22-,23?,24+,25?/m1/s1. The van der Waals surface area contributed by atoms with Gasteiger partial charge in [0.25, 0.3) is 0 Å². The zero-order valence-corrected chi connectivity index (χ0v) is 17.4. The summed E-state index contributed by atoms with van der Waals surface area (Å²) in [7, 11) is 0. The molecule has 4 fully saturated rings. The molecule has 3 aliphatic carbocycles. The Kier molecular flexibility index (Phi) is 5.94. The molecule has 3 saturated carbocycles. The molecule has 1 N–H and O–H groups in total. The van der Waals surface area contributed by atoms with Gasteiger partial charge in [-0.3, -0.25) is 0 Å². The number of rotatable bonds is 4. The predicted octanol–water partition coefficient (Wildman–Crippen LogP) is 5.64. The van der Waals surface area contributed by atoms with E-state index in [1.807, 2.05) is 0 Å². The van der Waals surface area contributed by atoms with Crippen molar-refractivity contribution in [2.45, 2.75) is 83.7 Å². The largest absolute Gasteiger partial charge is 0.388 e. The minimum atomic E-state index is -0.318. The first-order valence-electron chi connectivity index (χ1n) is 11.6. The van der Waals surface area contributed by atoms with Gasteiger partial charge in [0.1, 0.15) is 0 Å². The minimum Gasteiger partial charge on any atom is -0.388 e. The number of allylic oxidation sites excluding steroid dienone is 3. The van der Waals surface area contributed by atoms with E-state index in [4.69, 9.17) is 0 Å². The van der Waals surface area contributed by atoms with Gasteiger partial charge in [0.15, 0.2) is 0 Å². The number of likely N-dealkylation sites (tertiary alicyclic amines) is 1. The van der Waals surface area contributed by atoms with E-state index in [-0.39, 0.29) is 6.10 Å². The summed E-state index contributed by atoms with van der Waals surface area (Å²) in [5.41, 5.74) is 4.46. The lowest BCUT2D eigenvalue weighted by Gasteiger charge is -2.43. The fourth-order valence-corrected chi connectivity index (χ4v) is 6.60. The van der Waals surface area contributed by atoms with Gasteiger partial charge in [0.2, 0.25) is 0 Å². The van der Waals surface area contributed by atoms with Crippen molar-refractivity contribution in [1.29, 1.82) is 0 Å². The molecule has 0 spiro atoms. The van der Waals surface area contributed by atoms with Crippen LogP contribution in [0.3, 0.4) is 0 Å². The zero-order chi connectivity index (χ0) is 18.9. The maximum absolute atomic E-state index is 10.1. The van der Waals surface area contributed by atoms with Crippen LogP contribution in [0.25, 0.3) is 0 Å². The van der Waals surface area contributed by atoms with Crippen LogP contribution in [0.15, 0.2) is 35.5 Å². The van der Waals surface area contributed by atoms with Crippen LogP contribution in [0, 0.1) is 17.3 Å². The topological polar surface area (TPSA) is 23.5 Å². The van der Waals surface area contributed by atoms with E-state index in [0.29, 0.717) is 5.41 Å². The fourth-order valence-electron chi connectivity index (χ4n) is 6.60. The van der Waals surface area contributed by atoms with E-state index in [9.17, 15) is 5.11 Å². The van der Waals surface area contributed by atoms with Gasteiger partial charge in [0.05, 0.1) is 6.10 Å². The van der Waals surface area contributed by atoms with Gasteiger partial charge in [-0.25, -0.2) is 0 Å². The highest BCUT2D eigenvalue weighted by atomic mass is 16.3. The van der Waals surface area contributed by atoms with Gasteiger partial charge in [0, 0.05) is 0 Å². The lowest BCUT2D eigenvalue weighted by Crippen LogP contribution is -2.35. The monoisotopic (exact) mass is 369 g/mol. The Bertz CT molecular complexity index is 612. The van der Waals surface area contributed by atoms with Gasteiger partial charge in [-0.15, -0.1) is 0 Å². The molecule has 0 aromatic rings. The highest BCUT2D eigenvalue weighted by molar-refractivity contribution is 5.37. The first-order chi connectivity index (χ1) is 13.1. The maximum atomic E-state index is 10.1. The quantitative estimate of drug-likeness (QED) is 0.693. The molecule has 0 bridgehead atoms. The van der Waals surface area contributed by atoms with Crippen LogP contribution in [0.2, 0.25) is 0 Å². The molecule has 2 heteroatoms. The van der Waals surface area contributed by atoms with Crippen molar-refractivity contribution >= 4 is 0 Å². The van der Waals surface area contributed by atoms with Crippen LogP contribution in [0.5, 0.6) is 0 Å². The SMILES string of the molecule is C=C1/C(=C\C=C2/CCCC3(C)C2CC[C@@H]3CCN2CCCC2)CCC[C@@H]1O. The molecule has 1 heterocycles. The highest BCUT2D eigenvalue weighted by Crippen LogP contribution is 2.58. The molecule has 150 valence electrons. The van der Waals surface area contributed by atoms with Gasteiger partial charge >= 0.3 is 0 Å². The van der Waals surface area contributed by atoms with Gasteiger partial charge in [-0.1, -0.05) is 31.2 Å². The molecule has 27 heavy (non-hydrogen) atoms. The number of hydrogen-bond acceptors (Lipinski definition) is 2. The second-order valence-corrected chi connectivity index (χ2v) is 9.89. The molecule has 2 unspecified atom stereocenters. The predicted molar refractivity (Wildman–Crippen MR) is 114 cm³/mol. The van der Waals surface area contributed by atoms with Crippen molar-refractivity contribution in [1.82, 2.24) is 4.90 Å². The molecule has 0 amide bonds. The average molecular weight is 370 g/mol. The molecule has 4 rings (SSSR count). The summed E-state index contributed by atoms with van der Waals surface area (Å²) in [6.07, 6.45) is 18.6. The zero-order valence-electron chi connectivity index (χ0n) is 17.4. The number of hydrogen-bond donors (Lipinski definition) is 1. The number of aliphatic hydroxyl groups is 1. The second-order valence-electron chi connectivity index (χ2n) is 9.89. The Morgan fingerprint density at radius 2 is 1.89 bits per heavy atom. The fraction of sp³-hybridized carbons (Fsp3) is 0.760. The lowest BCUT2D eigenvalue weighted by molar-refractivity contribution is 0.120. The molecule has 0 aromatic carbocycles. The van der Waals surface area contributed by atoms with E-state index in [0.717, 1.165) is 36.7 Å². The Hall–Kier alpha value is -0.860. The Balaban J connectivity index is 1.44. The average Bonchev–Trinajstić information content (AvgIpc) is 3.28. The first-order valence-corrected chi connectivity index (χ1v) is 11.6. The van der Waals surface area contributed by atoms with Crippen molar-refractivity contribution < 1.29 is 5.11 Å². The minimum absolute atomic E-state index is 0.318. The summed E-state index contributed by atoms with van der Waals surface area (Å²) in [4.78, 5) is 2.70. The second kappa shape index (κ2) is 8.25. The third-order valence-electron chi connectivity index (χ3n) is 8.39. The van der Waals surface area contributed by atoms with Crippen molar-refractivity contribution in [3.63, 3.8) is 0 Å². The molecule has 0 aromatic heterocycles. The smallest absolute Gasteiger partial charge is 0.0787 e. The molecular formula is C25H39NO. The molecule has 0 radical (unpaired) electrons. The van der Waals surface area contributed by atoms with E-state index < -0.39 is 0 Å². The third-order valence-corrected chi connectivity index (χ3v) is 8.39. The molecular weight excluding hydrogens is 330 g/mol. The van der Waals surface area contributed by atoms with Crippen molar-refractivity contribution in [2.75, 3.05) is 19.6 Å². The first kappa shape index (κ1) is 19.5. The Morgan fingerprint density at radius 1 is 1.07 bits per heavy atom. The summed E-state index contributed by atoms with van der Waals surface area (Å²) in [5, 5.41) is 10.1. The van der Waals surface area contributed by atoms with E-state index in [1.54, 1.807) is 5.57 Å².